The summed E-state index contributed by atoms with van der Waals surface area (Å²) in [6.07, 6.45) is 0. The molecule has 2 rings (SSSR count). The number of amides is 1. The van der Waals surface area contributed by atoms with Crippen molar-refractivity contribution in [2.75, 3.05) is 16.8 Å². The number of carbonyl (C=O) groups excluding carboxylic acids is 1. The van der Waals surface area contributed by atoms with Crippen LogP contribution in [0.15, 0.2) is 47.4 Å². The summed E-state index contributed by atoms with van der Waals surface area (Å²) in [6, 6.07) is 12.9. The van der Waals surface area contributed by atoms with Gasteiger partial charge in [0.15, 0.2) is 0 Å². The molecule has 3 N–H and O–H groups in total. The molecule has 0 aliphatic heterocycles. The number of aryl methyl sites for hydroxylation is 1. The minimum atomic E-state index is -0.0850. The number of rotatable bonds is 4. The van der Waals surface area contributed by atoms with Crippen molar-refractivity contribution in [3.63, 3.8) is 0 Å². The first-order valence-electron chi connectivity index (χ1n) is 6.09. The highest BCUT2D eigenvalue weighted by Gasteiger charge is 2.06. The molecule has 0 bridgehead atoms. The van der Waals surface area contributed by atoms with E-state index in [-0.39, 0.29) is 5.91 Å². The third kappa shape index (κ3) is 3.92. The Balaban J connectivity index is 1.93. The number of anilines is 2. The van der Waals surface area contributed by atoms with E-state index in [4.69, 9.17) is 17.3 Å². The van der Waals surface area contributed by atoms with Gasteiger partial charge in [-0.15, -0.1) is 11.8 Å². The van der Waals surface area contributed by atoms with Crippen LogP contribution in [0.2, 0.25) is 5.02 Å². The van der Waals surface area contributed by atoms with Gasteiger partial charge in [-0.25, -0.2) is 0 Å². The Morgan fingerprint density at radius 1 is 1.30 bits per heavy atom. The highest BCUT2D eigenvalue weighted by Crippen LogP contribution is 2.26. The van der Waals surface area contributed by atoms with Gasteiger partial charge in [0, 0.05) is 16.3 Å². The lowest BCUT2D eigenvalue weighted by Crippen LogP contribution is -2.14. The minimum absolute atomic E-state index is 0.0850. The zero-order valence-corrected chi connectivity index (χ0v) is 12.6. The van der Waals surface area contributed by atoms with Crippen molar-refractivity contribution in [3.8, 4) is 0 Å². The average Bonchev–Trinajstić information content (AvgIpc) is 2.42. The van der Waals surface area contributed by atoms with Crippen LogP contribution < -0.4 is 11.1 Å². The Bertz CT molecular complexity index is 631. The van der Waals surface area contributed by atoms with Gasteiger partial charge in [-0.05, 0) is 36.8 Å². The quantitative estimate of drug-likeness (QED) is 0.664. The highest BCUT2D eigenvalue weighted by molar-refractivity contribution is 8.00. The largest absolute Gasteiger partial charge is 0.398 e. The summed E-state index contributed by atoms with van der Waals surface area (Å²) in [5.41, 5.74) is 8.18. The third-order valence-electron chi connectivity index (χ3n) is 2.76. The van der Waals surface area contributed by atoms with Crippen molar-refractivity contribution in [3.05, 3.63) is 53.1 Å². The Labute approximate surface area is 127 Å². The third-order valence-corrected chi connectivity index (χ3v) is 4.27. The Hall–Kier alpha value is -1.65. The molecule has 0 heterocycles. The van der Waals surface area contributed by atoms with Crippen LogP contribution in [-0.4, -0.2) is 11.7 Å². The van der Waals surface area contributed by atoms with Gasteiger partial charge in [-0.1, -0.05) is 29.8 Å². The molecule has 0 aliphatic rings. The number of nitrogens with one attached hydrogen (secondary N) is 1. The summed E-state index contributed by atoms with van der Waals surface area (Å²) in [5.74, 6) is 0.218. The fourth-order valence-corrected chi connectivity index (χ4v) is 2.66. The first-order valence-corrected chi connectivity index (χ1v) is 7.46. The van der Waals surface area contributed by atoms with E-state index in [0.29, 0.717) is 22.2 Å². The van der Waals surface area contributed by atoms with Crippen molar-refractivity contribution in [2.45, 2.75) is 11.8 Å². The van der Waals surface area contributed by atoms with E-state index in [2.05, 4.69) is 5.32 Å². The predicted octanol–water partition coefficient (Wildman–Crippen LogP) is 3.96. The van der Waals surface area contributed by atoms with Crippen LogP contribution in [0.5, 0.6) is 0 Å². The fraction of sp³-hybridized carbons (Fsp3) is 0.133. The number of nitrogen functional groups attached to an aromatic ring is 1. The van der Waals surface area contributed by atoms with Gasteiger partial charge in [-0.3, -0.25) is 4.79 Å². The van der Waals surface area contributed by atoms with Crippen LogP contribution >= 0.6 is 23.4 Å². The SMILES string of the molecule is Cc1ccc(NC(=O)CSc2ccccc2Cl)cc1N. The summed E-state index contributed by atoms with van der Waals surface area (Å²) >= 11 is 7.44. The van der Waals surface area contributed by atoms with Crippen molar-refractivity contribution in [1.29, 1.82) is 0 Å². The second-order valence-electron chi connectivity index (χ2n) is 4.34. The first kappa shape index (κ1) is 14.8. The molecule has 0 spiro atoms. The molecule has 5 heteroatoms. The van der Waals surface area contributed by atoms with E-state index in [1.54, 1.807) is 6.07 Å². The Morgan fingerprint density at radius 2 is 2.05 bits per heavy atom. The van der Waals surface area contributed by atoms with Gasteiger partial charge >= 0.3 is 0 Å². The van der Waals surface area contributed by atoms with E-state index < -0.39 is 0 Å². The molecule has 20 heavy (non-hydrogen) atoms. The number of carbonyl (C=O) groups is 1. The lowest BCUT2D eigenvalue weighted by Gasteiger charge is -2.08. The molecule has 2 aromatic carbocycles. The first-order chi connectivity index (χ1) is 9.56. The van der Waals surface area contributed by atoms with E-state index >= 15 is 0 Å². The molecule has 0 unspecified atom stereocenters. The van der Waals surface area contributed by atoms with Gasteiger partial charge in [0.25, 0.3) is 0 Å². The lowest BCUT2D eigenvalue weighted by atomic mass is 10.2. The number of hydrogen-bond donors (Lipinski definition) is 2. The molecule has 2 aromatic rings. The summed E-state index contributed by atoms with van der Waals surface area (Å²) in [6.45, 7) is 1.92. The summed E-state index contributed by atoms with van der Waals surface area (Å²) in [7, 11) is 0. The summed E-state index contributed by atoms with van der Waals surface area (Å²) in [4.78, 5) is 12.8. The molecule has 0 aliphatic carbocycles. The average molecular weight is 307 g/mol. The Kier molecular flexibility index (Phi) is 4.93. The van der Waals surface area contributed by atoms with Crippen molar-refractivity contribution < 1.29 is 4.79 Å². The maximum atomic E-state index is 11.9. The summed E-state index contributed by atoms with van der Waals surface area (Å²) in [5, 5.41) is 3.47. The van der Waals surface area contributed by atoms with Crippen LogP contribution in [0.3, 0.4) is 0 Å². The molecule has 0 saturated heterocycles. The maximum absolute atomic E-state index is 11.9. The van der Waals surface area contributed by atoms with Crippen LogP contribution in [0.4, 0.5) is 11.4 Å². The Morgan fingerprint density at radius 3 is 2.75 bits per heavy atom. The van der Waals surface area contributed by atoms with Crippen LogP contribution in [0.25, 0.3) is 0 Å². The van der Waals surface area contributed by atoms with Crippen molar-refractivity contribution in [1.82, 2.24) is 0 Å². The molecular formula is C15H15ClN2OS. The smallest absolute Gasteiger partial charge is 0.234 e. The van der Waals surface area contributed by atoms with Gasteiger partial charge < -0.3 is 11.1 Å². The van der Waals surface area contributed by atoms with E-state index in [1.807, 2.05) is 43.3 Å². The van der Waals surface area contributed by atoms with Gasteiger partial charge in [0.2, 0.25) is 5.91 Å². The molecule has 0 atom stereocenters. The minimum Gasteiger partial charge on any atom is -0.398 e. The number of halogens is 1. The second kappa shape index (κ2) is 6.68. The van der Waals surface area contributed by atoms with E-state index in [0.717, 1.165) is 10.5 Å². The number of hydrogen-bond acceptors (Lipinski definition) is 3. The zero-order chi connectivity index (χ0) is 14.5. The number of nitrogens with two attached hydrogens (primary N) is 1. The number of benzene rings is 2. The highest BCUT2D eigenvalue weighted by atomic mass is 35.5. The van der Waals surface area contributed by atoms with Gasteiger partial charge in [-0.2, -0.15) is 0 Å². The standard InChI is InChI=1S/C15H15ClN2OS/c1-10-6-7-11(8-13(10)17)18-15(19)9-20-14-5-3-2-4-12(14)16/h2-8H,9,17H2,1H3,(H,18,19). The molecule has 0 radical (unpaired) electrons. The molecular weight excluding hydrogens is 292 g/mol. The molecule has 104 valence electrons. The van der Waals surface area contributed by atoms with Gasteiger partial charge in [0.05, 0.1) is 10.8 Å². The van der Waals surface area contributed by atoms with Crippen LogP contribution in [0.1, 0.15) is 5.56 Å². The zero-order valence-electron chi connectivity index (χ0n) is 11.0. The predicted molar refractivity (Wildman–Crippen MR) is 86.4 cm³/mol. The van der Waals surface area contributed by atoms with Crippen molar-refractivity contribution >= 4 is 40.6 Å². The lowest BCUT2D eigenvalue weighted by molar-refractivity contribution is -0.113. The molecule has 1 amide bonds. The summed E-state index contributed by atoms with van der Waals surface area (Å²) < 4.78 is 0. The molecule has 0 aromatic heterocycles. The van der Waals surface area contributed by atoms with Gasteiger partial charge in [0.1, 0.15) is 0 Å². The molecule has 3 nitrogen and oxygen atoms in total. The molecule has 0 saturated carbocycles. The number of thioether (sulfide) groups is 1. The van der Waals surface area contributed by atoms with Crippen molar-refractivity contribution in [2.24, 2.45) is 0 Å². The topological polar surface area (TPSA) is 55.1 Å². The van der Waals surface area contributed by atoms with Crippen LogP contribution in [-0.2, 0) is 4.79 Å². The maximum Gasteiger partial charge on any atom is 0.234 e. The fourth-order valence-electron chi connectivity index (χ4n) is 1.62. The monoisotopic (exact) mass is 306 g/mol. The molecule has 0 fully saturated rings. The van der Waals surface area contributed by atoms with E-state index in [9.17, 15) is 4.79 Å². The normalized spacial score (nSPS) is 10.3. The van der Waals surface area contributed by atoms with Crippen LogP contribution in [0, 0.1) is 6.92 Å². The van der Waals surface area contributed by atoms with E-state index in [1.165, 1.54) is 11.8 Å². The second-order valence-corrected chi connectivity index (χ2v) is 5.76.